The summed E-state index contributed by atoms with van der Waals surface area (Å²) >= 11 is 18.2. The van der Waals surface area contributed by atoms with Gasteiger partial charge in [0, 0.05) is 11.6 Å². The normalized spacial score (nSPS) is 11.0. The Labute approximate surface area is 141 Å². The standard InChI is InChI=1S/C17H18Cl3N/c1-11(2)7-12-3-5-13(6-4-12)10-21-17-15(19)8-14(18)9-16(17)20/h3-6,8-9,11,21H,7,10H2,1-2H3. The van der Waals surface area contributed by atoms with Crippen molar-refractivity contribution in [2.75, 3.05) is 5.32 Å². The Bertz CT molecular complexity index is 583. The maximum Gasteiger partial charge on any atom is 0.0722 e. The molecule has 2 aromatic rings. The number of anilines is 1. The van der Waals surface area contributed by atoms with Crippen LogP contribution in [0.5, 0.6) is 0 Å². The highest BCUT2D eigenvalue weighted by molar-refractivity contribution is 6.41. The van der Waals surface area contributed by atoms with Gasteiger partial charge in [0.1, 0.15) is 0 Å². The molecule has 0 unspecified atom stereocenters. The lowest BCUT2D eigenvalue weighted by molar-refractivity contribution is 0.647. The maximum atomic E-state index is 6.15. The molecule has 2 aromatic carbocycles. The molecule has 1 nitrogen and oxygen atoms in total. The summed E-state index contributed by atoms with van der Waals surface area (Å²) < 4.78 is 0. The lowest BCUT2D eigenvalue weighted by atomic mass is 10.0. The Morgan fingerprint density at radius 3 is 1.95 bits per heavy atom. The molecule has 0 aromatic heterocycles. The van der Waals surface area contributed by atoms with Gasteiger partial charge in [0.05, 0.1) is 15.7 Å². The second-order valence-electron chi connectivity index (χ2n) is 5.51. The molecule has 0 fully saturated rings. The van der Waals surface area contributed by atoms with E-state index < -0.39 is 0 Å². The summed E-state index contributed by atoms with van der Waals surface area (Å²) in [6.07, 6.45) is 1.10. The van der Waals surface area contributed by atoms with Gasteiger partial charge >= 0.3 is 0 Å². The van der Waals surface area contributed by atoms with Crippen LogP contribution in [-0.4, -0.2) is 0 Å². The first-order valence-electron chi connectivity index (χ1n) is 6.92. The third-order valence-electron chi connectivity index (χ3n) is 3.14. The van der Waals surface area contributed by atoms with Crippen LogP contribution in [0, 0.1) is 5.92 Å². The van der Waals surface area contributed by atoms with E-state index in [0.29, 0.717) is 33.2 Å². The molecule has 0 atom stereocenters. The first-order chi connectivity index (χ1) is 9.95. The number of hydrogen-bond donors (Lipinski definition) is 1. The van der Waals surface area contributed by atoms with E-state index >= 15 is 0 Å². The maximum absolute atomic E-state index is 6.15. The first-order valence-corrected chi connectivity index (χ1v) is 8.05. The predicted molar refractivity (Wildman–Crippen MR) is 93.8 cm³/mol. The van der Waals surface area contributed by atoms with Gasteiger partial charge in [-0.3, -0.25) is 0 Å². The quantitative estimate of drug-likeness (QED) is 0.657. The Balaban J connectivity index is 2.03. The van der Waals surface area contributed by atoms with Crippen molar-refractivity contribution in [1.29, 1.82) is 0 Å². The van der Waals surface area contributed by atoms with Gasteiger partial charge in [0.25, 0.3) is 0 Å². The van der Waals surface area contributed by atoms with Gasteiger partial charge < -0.3 is 5.32 Å². The molecule has 112 valence electrons. The average molecular weight is 343 g/mol. The third-order valence-corrected chi connectivity index (χ3v) is 3.96. The molecule has 1 N–H and O–H groups in total. The zero-order chi connectivity index (χ0) is 15.4. The van der Waals surface area contributed by atoms with Gasteiger partial charge in [0.2, 0.25) is 0 Å². The highest BCUT2D eigenvalue weighted by Crippen LogP contribution is 2.33. The fourth-order valence-corrected chi connectivity index (χ4v) is 3.12. The summed E-state index contributed by atoms with van der Waals surface area (Å²) in [5, 5.41) is 4.86. The molecule has 0 saturated carbocycles. The molecule has 0 saturated heterocycles. The second-order valence-corrected chi connectivity index (χ2v) is 6.76. The number of benzene rings is 2. The summed E-state index contributed by atoms with van der Waals surface area (Å²) in [6, 6.07) is 12.0. The van der Waals surface area contributed by atoms with E-state index in [1.165, 1.54) is 11.1 Å². The Morgan fingerprint density at radius 2 is 1.43 bits per heavy atom. The number of hydrogen-bond acceptors (Lipinski definition) is 1. The smallest absolute Gasteiger partial charge is 0.0722 e. The molecule has 0 aliphatic heterocycles. The van der Waals surface area contributed by atoms with Crippen LogP contribution in [0.4, 0.5) is 5.69 Å². The summed E-state index contributed by atoms with van der Waals surface area (Å²) in [5.41, 5.74) is 3.26. The molecule has 0 radical (unpaired) electrons. The van der Waals surface area contributed by atoms with Crippen molar-refractivity contribution in [3.8, 4) is 0 Å². The van der Waals surface area contributed by atoms with Gasteiger partial charge in [-0.15, -0.1) is 0 Å². The van der Waals surface area contributed by atoms with E-state index in [0.717, 1.165) is 6.42 Å². The monoisotopic (exact) mass is 341 g/mol. The van der Waals surface area contributed by atoms with E-state index in [1.54, 1.807) is 12.1 Å². The molecule has 0 bridgehead atoms. The van der Waals surface area contributed by atoms with E-state index in [4.69, 9.17) is 34.8 Å². The molecular formula is C17H18Cl3N. The van der Waals surface area contributed by atoms with Gasteiger partial charge in [-0.1, -0.05) is 72.9 Å². The van der Waals surface area contributed by atoms with Crippen LogP contribution in [-0.2, 0) is 13.0 Å². The molecule has 0 spiro atoms. The molecule has 21 heavy (non-hydrogen) atoms. The summed E-state index contributed by atoms with van der Waals surface area (Å²) in [4.78, 5) is 0. The average Bonchev–Trinajstić information content (AvgIpc) is 2.38. The second kappa shape index (κ2) is 7.40. The van der Waals surface area contributed by atoms with Crippen LogP contribution < -0.4 is 5.32 Å². The van der Waals surface area contributed by atoms with Crippen molar-refractivity contribution >= 4 is 40.5 Å². The SMILES string of the molecule is CC(C)Cc1ccc(CNc2c(Cl)cc(Cl)cc2Cl)cc1. The fourth-order valence-electron chi connectivity index (χ4n) is 2.17. The molecule has 0 amide bonds. The Hall–Kier alpha value is -0.890. The van der Waals surface area contributed by atoms with E-state index in [2.05, 4.69) is 43.4 Å². The minimum absolute atomic E-state index is 0.531. The van der Waals surface area contributed by atoms with Crippen LogP contribution >= 0.6 is 34.8 Å². The van der Waals surface area contributed by atoms with Crippen LogP contribution in [0.25, 0.3) is 0 Å². The molecule has 2 rings (SSSR count). The highest BCUT2D eigenvalue weighted by atomic mass is 35.5. The Kier molecular flexibility index (Phi) is 5.80. The zero-order valence-corrected chi connectivity index (χ0v) is 14.4. The van der Waals surface area contributed by atoms with Crippen molar-refractivity contribution in [1.82, 2.24) is 0 Å². The van der Waals surface area contributed by atoms with Gasteiger partial charge in [0.15, 0.2) is 0 Å². The molecule has 0 heterocycles. The predicted octanol–water partition coefficient (Wildman–Crippen LogP) is 6.46. The van der Waals surface area contributed by atoms with Crippen LogP contribution in [0.15, 0.2) is 36.4 Å². The molecule has 0 aliphatic carbocycles. The molecule has 0 aliphatic rings. The summed E-state index contributed by atoms with van der Waals surface area (Å²) in [7, 11) is 0. The summed E-state index contributed by atoms with van der Waals surface area (Å²) in [6.45, 7) is 5.11. The van der Waals surface area contributed by atoms with Crippen molar-refractivity contribution < 1.29 is 0 Å². The fraction of sp³-hybridized carbons (Fsp3) is 0.294. The van der Waals surface area contributed by atoms with E-state index in [1.807, 2.05) is 0 Å². The zero-order valence-electron chi connectivity index (χ0n) is 12.1. The lowest BCUT2D eigenvalue weighted by Crippen LogP contribution is -2.01. The van der Waals surface area contributed by atoms with E-state index in [-0.39, 0.29) is 0 Å². The number of rotatable bonds is 5. The van der Waals surface area contributed by atoms with Crippen LogP contribution in [0.2, 0.25) is 15.1 Å². The lowest BCUT2D eigenvalue weighted by Gasteiger charge is -2.12. The van der Waals surface area contributed by atoms with Crippen molar-refractivity contribution in [3.05, 3.63) is 62.6 Å². The van der Waals surface area contributed by atoms with Crippen LogP contribution in [0.1, 0.15) is 25.0 Å². The molecule has 4 heteroatoms. The van der Waals surface area contributed by atoms with Crippen molar-refractivity contribution in [2.45, 2.75) is 26.8 Å². The minimum atomic E-state index is 0.531. The van der Waals surface area contributed by atoms with Crippen molar-refractivity contribution in [3.63, 3.8) is 0 Å². The number of nitrogens with one attached hydrogen (secondary N) is 1. The number of halogens is 3. The Morgan fingerprint density at radius 1 is 0.905 bits per heavy atom. The topological polar surface area (TPSA) is 12.0 Å². The van der Waals surface area contributed by atoms with Gasteiger partial charge in [-0.05, 0) is 35.6 Å². The first kappa shape index (κ1) is 16.5. The minimum Gasteiger partial charge on any atom is -0.379 e. The third kappa shape index (κ3) is 4.81. The largest absolute Gasteiger partial charge is 0.379 e. The van der Waals surface area contributed by atoms with E-state index in [9.17, 15) is 0 Å². The van der Waals surface area contributed by atoms with Gasteiger partial charge in [-0.2, -0.15) is 0 Å². The van der Waals surface area contributed by atoms with Gasteiger partial charge in [-0.25, -0.2) is 0 Å². The summed E-state index contributed by atoms with van der Waals surface area (Å²) in [5.74, 6) is 0.667. The van der Waals surface area contributed by atoms with Crippen LogP contribution in [0.3, 0.4) is 0 Å². The molecular weight excluding hydrogens is 325 g/mol. The van der Waals surface area contributed by atoms with Crippen molar-refractivity contribution in [2.24, 2.45) is 5.92 Å². The highest BCUT2D eigenvalue weighted by Gasteiger charge is 2.07.